The molecule has 0 saturated carbocycles. The number of carbonyl (C=O) groups is 2. The molecule has 144 valence electrons. The normalized spacial score (nSPS) is 21.3. The maximum atomic E-state index is 12.3. The van der Waals surface area contributed by atoms with Crippen LogP contribution in [-0.4, -0.2) is 49.6 Å². The van der Waals surface area contributed by atoms with Crippen molar-refractivity contribution in [2.24, 2.45) is 5.92 Å². The lowest BCUT2D eigenvalue weighted by molar-refractivity contribution is -0.145. The van der Waals surface area contributed by atoms with Gasteiger partial charge in [0.25, 0.3) is 0 Å². The monoisotopic (exact) mass is 385 g/mol. The van der Waals surface area contributed by atoms with Crippen molar-refractivity contribution < 1.29 is 33.8 Å². The number of carbonyl (C=O) groups excluding carboxylic acids is 1. The maximum absolute atomic E-state index is 12.3. The zero-order chi connectivity index (χ0) is 19.5. The Bertz CT molecular complexity index is 700. The van der Waals surface area contributed by atoms with Gasteiger partial charge in [0.2, 0.25) is 0 Å². The van der Waals surface area contributed by atoms with Gasteiger partial charge in [-0.1, -0.05) is 30.3 Å². The van der Waals surface area contributed by atoms with Crippen molar-refractivity contribution in [1.29, 1.82) is 0 Å². The summed E-state index contributed by atoms with van der Waals surface area (Å²) < 4.78 is 17.0. The third-order valence-corrected chi connectivity index (χ3v) is 6.94. The van der Waals surface area contributed by atoms with E-state index in [1.165, 1.54) is 13.8 Å². The quantitative estimate of drug-likeness (QED) is 0.665. The van der Waals surface area contributed by atoms with E-state index >= 15 is 0 Å². The van der Waals surface area contributed by atoms with Gasteiger partial charge in [-0.3, -0.25) is 9.46 Å². The van der Waals surface area contributed by atoms with Crippen molar-refractivity contribution in [2.75, 3.05) is 6.54 Å². The maximum Gasteiger partial charge on any atom is 0.410 e. The average Bonchev–Trinajstić information content (AvgIpc) is 2.59. The summed E-state index contributed by atoms with van der Waals surface area (Å²) in [5.74, 6) is -1.74. The molecule has 1 aliphatic heterocycles. The number of piperidine rings is 1. The van der Waals surface area contributed by atoms with Crippen molar-refractivity contribution >= 4 is 19.7 Å². The SMILES string of the molecule is CC(C)(C1CCN(C(=O)OCc2ccccc2)C(C(=O)O)C1)P(=O)(O)O. The summed E-state index contributed by atoms with van der Waals surface area (Å²) in [6, 6.07) is 7.84. The molecule has 0 radical (unpaired) electrons. The molecular formula is C17H24NO7P. The van der Waals surface area contributed by atoms with Crippen LogP contribution in [0.1, 0.15) is 32.3 Å². The van der Waals surface area contributed by atoms with E-state index in [9.17, 15) is 29.0 Å². The number of rotatable bonds is 5. The minimum Gasteiger partial charge on any atom is -0.480 e. The third kappa shape index (κ3) is 4.44. The highest BCUT2D eigenvalue weighted by molar-refractivity contribution is 7.53. The van der Waals surface area contributed by atoms with Gasteiger partial charge in [-0.15, -0.1) is 0 Å². The largest absolute Gasteiger partial charge is 0.480 e. The van der Waals surface area contributed by atoms with Gasteiger partial charge >= 0.3 is 19.7 Å². The van der Waals surface area contributed by atoms with Gasteiger partial charge in [0.15, 0.2) is 0 Å². The molecule has 1 saturated heterocycles. The third-order valence-electron chi connectivity index (χ3n) is 5.08. The first kappa shape index (κ1) is 20.4. The molecule has 9 heteroatoms. The molecule has 2 rings (SSSR count). The minimum absolute atomic E-state index is 0.0277. The molecule has 1 aromatic carbocycles. The fourth-order valence-corrected chi connectivity index (χ4v) is 3.81. The van der Waals surface area contributed by atoms with Crippen LogP contribution in [-0.2, 0) is 20.7 Å². The number of carboxylic acid groups (broad SMARTS) is 1. The van der Waals surface area contributed by atoms with Crippen molar-refractivity contribution in [3.8, 4) is 0 Å². The van der Waals surface area contributed by atoms with Crippen molar-refractivity contribution in [1.82, 2.24) is 4.90 Å². The summed E-state index contributed by atoms with van der Waals surface area (Å²) in [5.41, 5.74) is 0.783. The van der Waals surface area contributed by atoms with Crippen LogP contribution < -0.4 is 0 Å². The molecule has 0 spiro atoms. The molecule has 3 N–H and O–H groups in total. The van der Waals surface area contributed by atoms with Crippen molar-refractivity contribution in [3.63, 3.8) is 0 Å². The standard InChI is InChI=1S/C17H24NO7P/c1-17(2,26(22,23)24)13-8-9-18(14(10-13)15(19)20)16(21)25-11-12-6-4-3-5-7-12/h3-7,13-14H,8-11H2,1-2H3,(H,19,20)(H2,22,23,24). The van der Waals surface area contributed by atoms with Crippen molar-refractivity contribution in [2.45, 2.75) is 44.5 Å². The molecule has 0 aliphatic carbocycles. The molecule has 26 heavy (non-hydrogen) atoms. The second-order valence-electron chi connectivity index (χ2n) is 7.01. The predicted octanol–water partition coefficient (Wildman–Crippen LogP) is 2.44. The lowest BCUT2D eigenvalue weighted by Crippen LogP contribution is -2.53. The molecule has 1 fully saturated rings. The molecule has 1 amide bonds. The number of amides is 1. The van der Waals surface area contributed by atoms with Gasteiger partial charge < -0.3 is 19.6 Å². The van der Waals surface area contributed by atoms with Gasteiger partial charge in [0.05, 0.1) is 5.16 Å². The number of carboxylic acids is 1. The van der Waals surface area contributed by atoms with Crippen LogP contribution in [0.4, 0.5) is 4.79 Å². The zero-order valence-electron chi connectivity index (χ0n) is 14.7. The minimum atomic E-state index is -4.42. The lowest BCUT2D eigenvalue weighted by Gasteiger charge is -2.43. The molecule has 1 aromatic rings. The van der Waals surface area contributed by atoms with Crippen molar-refractivity contribution in [3.05, 3.63) is 35.9 Å². The second-order valence-corrected chi connectivity index (χ2v) is 9.25. The second kappa shape index (κ2) is 7.78. The van der Waals surface area contributed by atoms with Crippen LogP contribution in [0.3, 0.4) is 0 Å². The smallest absolute Gasteiger partial charge is 0.410 e. The number of aliphatic carboxylic acids is 1. The van der Waals surface area contributed by atoms with E-state index in [1.807, 2.05) is 6.07 Å². The van der Waals surface area contributed by atoms with E-state index in [1.54, 1.807) is 24.3 Å². The van der Waals surface area contributed by atoms with E-state index in [-0.39, 0.29) is 19.6 Å². The zero-order valence-corrected chi connectivity index (χ0v) is 15.6. The Morgan fingerprint density at radius 1 is 1.27 bits per heavy atom. The Balaban J connectivity index is 2.07. The lowest BCUT2D eigenvalue weighted by atomic mass is 9.82. The first-order chi connectivity index (χ1) is 12.0. The number of nitrogens with zero attached hydrogens (tertiary/aromatic N) is 1. The summed E-state index contributed by atoms with van der Waals surface area (Å²) in [5, 5.41) is 8.13. The van der Waals surface area contributed by atoms with Crippen LogP contribution in [0.2, 0.25) is 0 Å². The summed E-state index contributed by atoms with van der Waals surface area (Å²) in [4.78, 5) is 44.2. The predicted molar refractivity (Wildman–Crippen MR) is 93.6 cm³/mol. The fraction of sp³-hybridized carbons (Fsp3) is 0.529. The Morgan fingerprint density at radius 3 is 2.42 bits per heavy atom. The highest BCUT2D eigenvalue weighted by Crippen LogP contribution is 2.56. The van der Waals surface area contributed by atoms with E-state index in [2.05, 4.69) is 0 Å². The van der Waals surface area contributed by atoms with Gasteiger partial charge in [-0.2, -0.15) is 0 Å². The van der Waals surface area contributed by atoms with E-state index in [0.29, 0.717) is 6.42 Å². The highest BCUT2D eigenvalue weighted by Gasteiger charge is 2.49. The molecule has 8 nitrogen and oxygen atoms in total. The first-order valence-corrected chi connectivity index (χ1v) is 9.91. The van der Waals surface area contributed by atoms with Gasteiger partial charge in [0, 0.05) is 6.54 Å². The fourth-order valence-electron chi connectivity index (χ4n) is 3.10. The molecule has 0 aromatic heterocycles. The van der Waals surface area contributed by atoms with E-state index in [4.69, 9.17) is 4.74 Å². The Morgan fingerprint density at radius 2 is 1.88 bits per heavy atom. The summed E-state index contributed by atoms with van der Waals surface area (Å²) in [6.45, 7) is 2.96. The van der Waals surface area contributed by atoms with Crippen LogP contribution in [0.25, 0.3) is 0 Å². The van der Waals surface area contributed by atoms with Gasteiger partial charge in [-0.25, -0.2) is 9.59 Å². The number of ether oxygens (including phenoxy) is 1. The first-order valence-electron chi connectivity index (χ1n) is 8.30. The molecule has 2 atom stereocenters. The number of likely N-dealkylation sites (tertiary alicyclic amines) is 1. The molecule has 0 bridgehead atoms. The van der Waals surface area contributed by atoms with Crippen LogP contribution in [0, 0.1) is 5.92 Å². The van der Waals surface area contributed by atoms with Crippen LogP contribution >= 0.6 is 7.60 Å². The molecular weight excluding hydrogens is 361 g/mol. The number of benzene rings is 1. The number of hydrogen-bond donors (Lipinski definition) is 3. The Hall–Kier alpha value is -1.89. The van der Waals surface area contributed by atoms with Crippen LogP contribution in [0.15, 0.2) is 30.3 Å². The van der Waals surface area contributed by atoms with E-state index in [0.717, 1.165) is 10.5 Å². The van der Waals surface area contributed by atoms with Gasteiger partial charge in [0.1, 0.15) is 12.6 Å². The van der Waals surface area contributed by atoms with Gasteiger partial charge in [-0.05, 0) is 38.2 Å². The topological polar surface area (TPSA) is 124 Å². The van der Waals surface area contributed by atoms with Crippen LogP contribution in [0.5, 0.6) is 0 Å². The summed E-state index contributed by atoms with van der Waals surface area (Å²) in [7, 11) is -4.42. The Kier molecular flexibility index (Phi) is 6.11. The Labute approximate surface area is 151 Å². The number of hydrogen-bond acceptors (Lipinski definition) is 4. The average molecular weight is 385 g/mol. The molecule has 1 heterocycles. The molecule has 2 unspecified atom stereocenters. The summed E-state index contributed by atoms with van der Waals surface area (Å²) in [6.07, 6.45) is -0.482. The summed E-state index contributed by atoms with van der Waals surface area (Å²) >= 11 is 0. The molecule has 1 aliphatic rings. The van der Waals surface area contributed by atoms with E-state index < -0.39 is 36.8 Å². The highest BCUT2D eigenvalue weighted by atomic mass is 31.2.